The Bertz CT molecular complexity index is 978. The van der Waals surface area contributed by atoms with Gasteiger partial charge in [-0.15, -0.1) is 0 Å². The molecule has 0 aliphatic carbocycles. The molecule has 2 aromatic carbocycles. The predicted octanol–water partition coefficient (Wildman–Crippen LogP) is 3.12. The van der Waals surface area contributed by atoms with Gasteiger partial charge < -0.3 is 19.5 Å². The smallest absolute Gasteiger partial charge is 0.339 e. The Labute approximate surface area is 187 Å². The zero-order chi connectivity index (χ0) is 23.3. The van der Waals surface area contributed by atoms with Crippen molar-refractivity contribution in [1.82, 2.24) is 4.90 Å². The van der Waals surface area contributed by atoms with E-state index in [2.05, 4.69) is 24.1 Å². The average molecular weight is 440 g/mol. The SMILES string of the molecule is COC(=O)c1ccc(C(=O)OC)c(NC(=O)c2ccc(CN3CC(C)OC(C)C3)cc2)c1. The van der Waals surface area contributed by atoms with Gasteiger partial charge in [-0.2, -0.15) is 0 Å². The number of anilines is 1. The van der Waals surface area contributed by atoms with Crippen molar-refractivity contribution < 1.29 is 28.6 Å². The molecule has 0 aromatic heterocycles. The lowest BCUT2D eigenvalue weighted by atomic mass is 10.1. The van der Waals surface area contributed by atoms with Crippen molar-refractivity contribution in [2.24, 2.45) is 0 Å². The molecular weight excluding hydrogens is 412 g/mol. The summed E-state index contributed by atoms with van der Waals surface area (Å²) in [5.74, 6) is -1.61. The number of methoxy groups -OCH3 is 2. The van der Waals surface area contributed by atoms with Crippen LogP contribution in [0.1, 0.15) is 50.5 Å². The van der Waals surface area contributed by atoms with Gasteiger partial charge in [-0.3, -0.25) is 9.69 Å². The molecule has 0 spiro atoms. The van der Waals surface area contributed by atoms with Crippen molar-refractivity contribution in [1.29, 1.82) is 0 Å². The minimum Gasteiger partial charge on any atom is -0.465 e. The quantitative estimate of drug-likeness (QED) is 0.690. The first kappa shape index (κ1) is 23.4. The highest BCUT2D eigenvalue weighted by Crippen LogP contribution is 2.21. The highest BCUT2D eigenvalue weighted by atomic mass is 16.5. The van der Waals surface area contributed by atoms with Crippen LogP contribution in [0.5, 0.6) is 0 Å². The first-order valence-electron chi connectivity index (χ1n) is 10.4. The standard InChI is InChI=1S/C24H28N2O6/c1-15-12-26(13-16(2)32-15)14-17-5-7-18(8-6-17)22(27)25-21-11-19(23(28)30-3)9-10-20(21)24(29)31-4/h5-11,15-16H,12-14H2,1-4H3,(H,25,27). The maximum absolute atomic E-state index is 12.8. The number of hydrogen-bond acceptors (Lipinski definition) is 7. The summed E-state index contributed by atoms with van der Waals surface area (Å²) in [5.41, 5.74) is 2.04. The van der Waals surface area contributed by atoms with Crippen LogP contribution in [0.2, 0.25) is 0 Å². The zero-order valence-corrected chi connectivity index (χ0v) is 18.7. The summed E-state index contributed by atoms with van der Waals surface area (Å²) in [5, 5.41) is 2.70. The molecular formula is C24H28N2O6. The topological polar surface area (TPSA) is 94.2 Å². The monoisotopic (exact) mass is 440 g/mol. The summed E-state index contributed by atoms with van der Waals surface area (Å²) in [7, 11) is 2.51. The van der Waals surface area contributed by atoms with Crippen LogP contribution in [0.4, 0.5) is 5.69 Å². The molecule has 1 aliphatic heterocycles. The molecule has 1 fully saturated rings. The van der Waals surface area contributed by atoms with Crippen LogP contribution in [0.15, 0.2) is 42.5 Å². The number of benzene rings is 2. The fourth-order valence-electron chi connectivity index (χ4n) is 3.81. The molecule has 32 heavy (non-hydrogen) atoms. The van der Waals surface area contributed by atoms with Crippen LogP contribution in [0.25, 0.3) is 0 Å². The van der Waals surface area contributed by atoms with Crippen LogP contribution in [-0.4, -0.2) is 62.3 Å². The Morgan fingerprint density at radius 3 is 2.12 bits per heavy atom. The van der Waals surface area contributed by atoms with Crippen molar-refractivity contribution >= 4 is 23.5 Å². The maximum atomic E-state index is 12.8. The minimum absolute atomic E-state index is 0.140. The molecule has 1 heterocycles. The molecule has 1 N–H and O–H groups in total. The average Bonchev–Trinajstić information content (AvgIpc) is 2.77. The molecule has 1 amide bonds. The lowest BCUT2D eigenvalue weighted by Gasteiger charge is -2.35. The van der Waals surface area contributed by atoms with Gasteiger partial charge in [-0.25, -0.2) is 9.59 Å². The van der Waals surface area contributed by atoms with Gasteiger partial charge in [-0.1, -0.05) is 12.1 Å². The number of carbonyl (C=O) groups excluding carboxylic acids is 3. The Kier molecular flexibility index (Phi) is 7.61. The Hall–Kier alpha value is -3.23. The van der Waals surface area contributed by atoms with Gasteiger partial charge in [0.1, 0.15) is 0 Å². The van der Waals surface area contributed by atoms with E-state index in [1.165, 1.54) is 32.4 Å². The van der Waals surface area contributed by atoms with Crippen LogP contribution >= 0.6 is 0 Å². The van der Waals surface area contributed by atoms with Crippen molar-refractivity contribution in [2.45, 2.75) is 32.6 Å². The Balaban J connectivity index is 1.74. The highest BCUT2D eigenvalue weighted by molar-refractivity contribution is 6.09. The van der Waals surface area contributed by atoms with Crippen LogP contribution in [-0.2, 0) is 20.8 Å². The van der Waals surface area contributed by atoms with Gasteiger partial charge in [0.25, 0.3) is 5.91 Å². The second-order valence-electron chi connectivity index (χ2n) is 7.85. The number of ether oxygens (including phenoxy) is 3. The van der Waals surface area contributed by atoms with E-state index >= 15 is 0 Å². The molecule has 0 bridgehead atoms. The second kappa shape index (κ2) is 10.4. The number of nitrogens with one attached hydrogen (secondary N) is 1. The summed E-state index contributed by atoms with van der Waals surface area (Å²) in [6.45, 7) is 6.62. The van der Waals surface area contributed by atoms with E-state index < -0.39 is 17.8 Å². The van der Waals surface area contributed by atoms with Gasteiger partial charge in [0.2, 0.25) is 0 Å². The molecule has 1 saturated heterocycles. The molecule has 1 aliphatic rings. The van der Waals surface area contributed by atoms with E-state index in [1.807, 2.05) is 12.1 Å². The molecule has 0 saturated carbocycles. The van der Waals surface area contributed by atoms with Gasteiger partial charge in [-0.05, 0) is 49.7 Å². The second-order valence-corrected chi connectivity index (χ2v) is 7.85. The molecule has 3 rings (SSSR count). The van der Waals surface area contributed by atoms with Crippen molar-refractivity contribution in [3.8, 4) is 0 Å². The number of morpholine rings is 1. The van der Waals surface area contributed by atoms with Crippen LogP contribution < -0.4 is 5.32 Å². The molecule has 0 radical (unpaired) electrons. The van der Waals surface area contributed by atoms with E-state index in [9.17, 15) is 14.4 Å². The Morgan fingerprint density at radius 2 is 1.53 bits per heavy atom. The van der Waals surface area contributed by atoms with E-state index in [1.54, 1.807) is 12.1 Å². The third kappa shape index (κ3) is 5.72. The highest BCUT2D eigenvalue weighted by Gasteiger charge is 2.22. The normalized spacial score (nSPS) is 18.6. The van der Waals surface area contributed by atoms with Crippen molar-refractivity contribution in [3.05, 3.63) is 64.7 Å². The lowest BCUT2D eigenvalue weighted by molar-refractivity contribution is -0.0704. The van der Waals surface area contributed by atoms with E-state index in [0.29, 0.717) is 5.56 Å². The first-order valence-corrected chi connectivity index (χ1v) is 10.4. The number of rotatable bonds is 6. The summed E-state index contributed by atoms with van der Waals surface area (Å²) in [6.07, 6.45) is 0.377. The summed E-state index contributed by atoms with van der Waals surface area (Å²) in [4.78, 5) is 39.1. The van der Waals surface area contributed by atoms with Crippen LogP contribution in [0.3, 0.4) is 0 Å². The third-order valence-corrected chi connectivity index (χ3v) is 5.21. The summed E-state index contributed by atoms with van der Waals surface area (Å²) >= 11 is 0. The predicted molar refractivity (Wildman–Crippen MR) is 119 cm³/mol. The number of carbonyl (C=O) groups is 3. The number of nitrogens with zero attached hydrogens (tertiary/aromatic N) is 1. The molecule has 2 unspecified atom stereocenters. The van der Waals surface area contributed by atoms with Crippen molar-refractivity contribution in [3.63, 3.8) is 0 Å². The summed E-state index contributed by atoms with van der Waals surface area (Å²) in [6, 6.07) is 11.5. The van der Waals surface area contributed by atoms with E-state index in [4.69, 9.17) is 14.2 Å². The van der Waals surface area contributed by atoms with Crippen LogP contribution in [0, 0.1) is 0 Å². The molecule has 2 aromatic rings. The fourth-order valence-corrected chi connectivity index (χ4v) is 3.81. The summed E-state index contributed by atoms with van der Waals surface area (Å²) < 4.78 is 15.3. The molecule has 8 heteroatoms. The van der Waals surface area contributed by atoms with Gasteiger partial charge in [0, 0.05) is 25.2 Å². The van der Waals surface area contributed by atoms with Gasteiger partial charge in [0.05, 0.1) is 43.2 Å². The number of esters is 2. The van der Waals surface area contributed by atoms with Gasteiger partial charge in [0.15, 0.2) is 0 Å². The lowest BCUT2D eigenvalue weighted by Crippen LogP contribution is -2.44. The largest absolute Gasteiger partial charge is 0.465 e. The van der Waals surface area contributed by atoms with E-state index in [0.717, 1.165) is 25.2 Å². The fraction of sp³-hybridized carbons (Fsp3) is 0.375. The molecule has 170 valence electrons. The first-order chi connectivity index (χ1) is 15.3. The minimum atomic E-state index is -0.624. The molecule has 2 atom stereocenters. The van der Waals surface area contributed by atoms with Crippen molar-refractivity contribution in [2.75, 3.05) is 32.6 Å². The Morgan fingerprint density at radius 1 is 0.938 bits per heavy atom. The number of amides is 1. The van der Waals surface area contributed by atoms with E-state index in [-0.39, 0.29) is 29.0 Å². The third-order valence-electron chi connectivity index (χ3n) is 5.21. The van der Waals surface area contributed by atoms with Gasteiger partial charge >= 0.3 is 11.9 Å². The molecule has 8 nitrogen and oxygen atoms in total. The zero-order valence-electron chi connectivity index (χ0n) is 18.7. The number of hydrogen-bond donors (Lipinski definition) is 1. The maximum Gasteiger partial charge on any atom is 0.339 e.